The third-order valence-electron chi connectivity index (χ3n) is 6.80. The van der Waals surface area contributed by atoms with Crippen LogP contribution in [0.4, 0.5) is 0 Å². The zero-order valence-electron chi connectivity index (χ0n) is 17.7. The Labute approximate surface area is 183 Å². The van der Waals surface area contributed by atoms with Gasteiger partial charge in [0.25, 0.3) is 0 Å². The Bertz CT molecular complexity index is 497. The number of hydrogen-bond donors (Lipinski definition) is 5. The second-order valence-corrected chi connectivity index (χ2v) is 9.85. The average molecular weight is 427 g/mol. The van der Waals surface area contributed by atoms with Crippen molar-refractivity contribution in [2.75, 3.05) is 11.5 Å². The molecule has 0 radical (unpaired) electrons. The molecular formula is C22H42N4S2. The minimum Gasteiger partial charge on any atom is -0.387 e. The number of nitrogens with two attached hydrogens (primary N) is 1. The van der Waals surface area contributed by atoms with Gasteiger partial charge in [0.15, 0.2) is 0 Å². The molecule has 162 valence electrons. The summed E-state index contributed by atoms with van der Waals surface area (Å²) in [5.41, 5.74) is 6.15. The van der Waals surface area contributed by atoms with E-state index in [0.717, 1.165) is 60.8 Å². The van der Waals surface area contributed by atoms with Gasteiger partial charge in [-0.3, -0.25) is 10.4 Å². The zero-order chi connectivity index (χ0) is 20.4. The lowest BCUT2D eigenvalue weighted by Gasteiger charge is -2.34. The van der Waals surface area contributed by atoms with E-state index in [1.807, 2.05) is 0 Å². The molecule has 0 aliphatic heterocycles. The van der Waals surface area contributed by atoms with E-state index in [1.165, 1.54) is 51.4 Å². The van der Waals surface area contributed by atoms with Crippen LogP contribution in [-0.4, -0.2) is 35.3 Å². The number of hydrogen-bond acceptors (Lipinski definition) is 4. The first-order chi connectivity index (χ1) is 13.5. The lowest BCUT2D eigenvalue weighted by Crippen LogP contribution is -2.34. The van der Waals surface area contributed by atoms with Crippen molar-refractivity contribution < 1.29 is 0 Å². The van der Waals surface area contributed by atoms with E-state index >= 15 is 0 Å². The summed E-state index contributed by atoms with van der Waals surface area (Å²) in [6, 6.07) is 0.897. The van der Waals surface area contributed by atoms with Gasteiger partial charge in [0.2, 0.25) is 0 Å². The second kappa shape index (κ2) is 13.0. The average Bonchev–Trinajstić information content (AvgIpc) is 2.87. The quantitative estimate of drug-likeness (QED) is 0.213. The first kappa shape index (κ1) is 23.9. The van der Waals surface area contributed by atoms with Crippen LogP contribution in [0, 0.1) is 23.2 Å². The molecule has 4 N–H and O–H groups in total. The molecule has 0 amide bonds. The lowest BCUT2D eigenvalue weighted by molar-refractivity contribution is 0.175. The van der Waals surface area contributed by atoms with Gasteiger partial charge in [0, 0.05) is 18.9 Å². The fourth-order valence-corrected chi connectivity index (χ4v) is 5.45. The minimum absolute atomic E-state index is 0.412. The van der Waals surface area contributed by atoms with E-state index < -0.39 is 0 Å². The highest BCUT2D eigenvalue weighted by Crippen LogP contribution is 2.41. The maximum atomic E-state index is 8.18. The summed E-state index contributed by atoms with van der Waals surface area (Å²) in [5, 5.41) is 11.7. The van der Waals surface area contributed by atoms with Crippen LogP contribution < -0.4 is 11.1 Å². The molecule has 0 bridgehead atoms. The van der Waals surface area contributed by atoms with Gasteiger partial charge in [-0.2, -0.15) is 25.3 Å². The topological polar surface area (TPSA) is 74.3 Å². The van der Waals surface area contributed by atoms with Crippen molar-refractivity contribution in [3.8, 4) is 0 Å². The SMILES string of the molecule is CC1CCC(N=C(N)CCCS)CCC2CCC(NC(=N)CCCS)CCC12. The van der Waals surface area contributed by atoms with Crippen LogP contribution in [0.1, 0.15) is 84.0 Å². The first-order valence-electron chi connectivity index (χ1n) is 11.4. The Hall–Kier alpha value is -0.360. The first-order valence-corrected chi connectivity index (χ1v) is 12.7. The van der Waals surface area contributed by atoms with Crippen molar-refractivity contribution in [3.63, 3.8) is 0 Å². The molecule has 2 saturated carbocycles. The molecule has 28 heavy (non-hydrogen) atoms. The normalized spacial score (nSPS) is 32.0. The Kier molecular flexibility index (Phi) is 11.1. The van der Waals surface area contributed by atoms with Crippen LogP contribution in [-0.2, 0) is 0 Å². The van der Waals surface area contributed by atoms with Crippen molar-refractivity contribution in [1.82, 2.24) is 5.32 Å². The van der Waals surface area contributed by atoms with Gasteiger partial charge in [0.05, 0.1) is 17.7 Å². The smallest absolute Gasteiger partial charge is 0.0940 e. The van der Waals surface area contributed by atoms with E-state index in [0.29, 0.717) is 17.9 Å². The van der Waals surface area contributed by atoms with E-state index in [9.17, 15) is 0 Å². The second-order valence-electron chi connectivity index (χ2n) is 8.96. The Morgan fingerprint density at radius 2 is 1.61 bits per heavy atom. The predicted octanol–water partition coefficient (Wildman–Crippen LogP) is 5.08. The van der Waals surface area contributed by atoms with E-state index in [2.05, 4.69) is 37.5 Å². The van der Waals surface area contributed by atoms with Crippen LogP contribution in [0.25, 0.3) is 0 Å². The number of rotatable bonds is 8. The zero-order valence-corrected chi connectivity index (χ0v) is 19.5. The fraction of sp³-hybridized carbons (Fsp3) is 0.909. The predicted molar refractivity (Wildman–Crippen MR) is 129 cm³/mol. The van der Waals surface area contributed by atoms with Crippen molar-refractivity contribution >= 4 is 36.9 Å². The van der Waals surface area contributed by atoms with E-state index in [4.69, 9.17) is 16.1 Å². The minimum atomic E-state index is 0.412. The fourth-order valence-electron chi connectivity index (χ4n) is 5.14. The van der Waals surface area contributed by atoms with Gasteiger partial charge < -0.3 is 11.1 Å². The van der Waals surface area contributed by atoms with Crippen molar-refractivity contribution in [2.45, 2.75) is 96.1 Å². The number of nitrogens with one attached hydrogen (secondary N) is 2. The molecule has 0 saturated heterocycles. The van der Waals surface area contributed by atoms with Gasteiger partial charge in [-0.15, -0.1) is 0 Å². The molecule has 2 fully saturated rings. The molecule has 6 heteroatoms. The van der Waals surface area contributed by atoms with Crippen LogP contribution >= 0.6 is 25.3 Å². The molecule has 4 nitrogen and oxygen atoms in total. The van der Waals surface area contributed by atoms with Gasteiger partial charge in [-0.05, 0) is 93.5 Å². The molecule has 5 unspecified atom stereocenters. The standard InChI is InChI=1S/C22H42N4S2/c1-16-6-9-18(25-21(23)4-2-14-27)10-7-17-8-11-19(12-13-20(16)17)26-22(24)5-3-15-28/h16-20,27-28H,2-15H2,1H3,(H2,23,25)(H2,24,26). The van der Waals surface area contributed by atoms with Crippen LogP contribution in [0.3, 0.4) is 0 Å². The third kappa shape index (κ3) is 8.17. The Balaban J connectivity index is 1.90. The van der Waals surface area contributed by atoms with Crippen molar-refractivity contribution in [1.29, 1.82) is 5.41 Å². The molecule has 2 aliphatic rings. The Morgan fingerprint density at radius 1 is 0.964 bits per heavy atom. The van der Waals surface area contributed by atoms with Crippen LogP contribution in [0.15, 0.2) is 4.99 Å². The van der Waals surface area contributed by atoms with Gasteiger partial charge in [-0.1, -0.05) is 6.92 Å². The number of aliphatic imine (C=N–C) groups is 1. The Morgan fingerprint density at radius 3 is 2.36 bits per heavy atom. The number of amidine groups is 2. The summed E-state index contributed by atoms with van der Waals surface area (Å²) in [4.78, 5) is 4.87. The van der Waals surface area contributed by atoms with Crippen molar-refractivity contribution in [3.05, 3.63) is 0 Å². The molecular weight excluding hydrogens is 384 g/mol. The summed E-state index contributed by atoms with van der Waals surface area (Å²) < 4.78 is 0. The molecule has 0 spiro atoms. The molecule has 2 rings (SSSR count). The van der Waals surface area contributed by atoms with Gasteiger partial charge >= 0.3 is 0 Å². The van der Waals surface area contributed by atoms with E-state index in [1.54, 1.807) is 0 Å². The maximum absolute atomic E-state index is 8.18. The van der Waals surface area contributed by atoms with Crippen LogP contribution in [0.2, 0.25) is 0 Å². The number of fused-ring (bicyclic) bond motifs is 1. The molecule has 2 aliphatic carbocycles. The third-order valence-corrected chi connectivity index (χ3v) is 7.43. The molecule has 0 heterocycles. The summed E-state index contributed by atoms with van der Waals surface area (Å²) in [5.74, 6) is 5.69. The van der Waals surface area contributed by atoms with E-state index in [-0.39, 0.29) is 0 Å². The highest BCUT2D eigenvalue weighted by atomic mass is 32.1. The van der Waals surface area contributed by atoms with Gasteiger partial charge in [-0.25, -0.2) is 0 Å². The molecule has 0 aromatic carbocycles. The number of nitrogens with zero attached hydrogens (tertiary/aromatic N) is 1. The summed E-state index contributed by atoms with van der Waals surface area (Å²) in [7, 11) is 0. The van der Waals surface area contributed by atoms with Crippen molar-refractivity contribution in [2.24, 2.45) is 28.5 Å². The summed E-state index contributed by atoms with van der Waals surface area (Å²) in [6.07, 6.45) is 13.7. The highest BCUT2D eigenvalue weighted by Gasteiger charge is 2.33. The van der Waals surface area contributed by atoms with Crippen LogP contribution in [0.5, 0.6) is 0 Å². The molecule has 0 aromatic rings. The highest BCUT2D eigenvalue weighted by molar-refractivity contribution is 7.80. The lowest BCUT2D eigenvalue weighted by atomic mass is 9.72. The monoisotopic (exact) mass is 426 g/mol. The molecule has 0 aromatic heterocycles. The summed E-state index contributed by atoms with van der Waals surface area (Å²) in [6.45, 7) is 2.45. The largest absolute Gasteiger partial charge is 0.387 e. The number of thiol groups is 2. The summed E-state index contributed by atoms with van der Waals surface area (Å²) >= 11 is 8.54. The maximum Gasteiger partial charge on any atom is 0.0940 e. The van der Waals surface area contributed by atoms with Gasteiger partial charge in [0.1, 0.15) is 0 Å². The molecule has 5 atom stereocenters.